The van der Waals surface area contributed by atoms with Crippen molar-refractivity contribution in [2.75, 3.05) is 18.5 Å². The normalized spacial score (nSPS) is 16.5. The van der Waals surface area contributed by atoms with Crippen LogP contribution < -0.4 is 15.4 Å². The molecule has 22 heavy (non-hydrogen) atoms. The van der Waals surface area contributed by atoms with E-state index >= 15 is 0 Å². The molecule has 0 unspecified atom stereocenters. The highest BCUT2D eigenvalue weighted by Gasteiger charge is 2.31. The van der Waals surface area contributed by atoms with Gasteiger partial charge in [-0.1, -0.05) is 25.0 Å². The predicted molar refractivity (Wildman–Crippen MR) is 78.4 cm³/mol. The van der Waals surface area contributed by atoms with E-state index in [1.54, 1.807) is 18.2 Å². The topological polar surface area (TPSA) is 70.6 Å². The lowest BCUT2D eigenvalue weighted by Crippen LogP contribution is -2.42. The molecule has 0 spiro atoms. The third kappa shape index (κ3) is 4.84. The Balaban J connectivity index is 1.88. The first kappa shape index (κ1) is 16.5. The number of urea groups is 1. The van der Waals surface area contributed by atoms with Crippen LogP contribution in [0.3, 0.4) is 0 Å². The number of hydrogen-bond donors (Lipinski definition) is 3. The van der Waals surface area contributed by atoms with Crippen LogP contribution in [-0.2, 0) is 0 Å². The van der Waals surface area contributed by atoms with E-state index in [0.717, 1.165) is 12.8 Å². The molecule has 1 aromatic rings. The van der Waals surface area contributed by atoms with Gasteiger partial charge >= 0.3 is 6.03 Å². The molecule has 0 aromatic heterocycles. The molecule has 3 N–H and O–H groups in total. The van der Waals surface area contributed by atoms with Gasteiger partial charge in [0, 0.05) is 6.54 Å². The number of amides is 2. The van der Waals surface area contributed by atoms with Gasteiger partial charge in [-0.05, 0) is 25.0 Å². The van der Waals surface area contributed by atoms with Gasteiger partial charge in [0.25, 0.3) is 6.43 Å². The van der Waals surface area contributed by atoms with Crippen molar-refractivity contribution in [1.29, 1.82) is 0 Å². The van der Waals surface area contributed by atoms with Crippen LogP contribution in [-0.4, -0.2) is 36.3 Å². The number of alkyl halides is 2. The Labute approximate surface area is 127 Å². The van der Waals surface area contributed by atoms with Gasteiger partial charge in [0.05, 0.1) is 11.3 Å². The molecule has 122 valence electrons. The van der Waals surface area contributed by atoms with Crippen molar-refractivity contribution in [1.82, 2.24) is 5.32 Å². The van der Waals surface area contributed by atoms with Gasteiger partial charge in [0.1, 0.15) is 12.4 Å². The number of anilines is 1. The van der Waals surface area contributed by atoms with Gasteiger partial charge in [-0.2, -0.15) is 0 Å². The zero-order valence-electron chi connectivity index (χ0n) is 12.1. The standard InChI is InChI=1S/C15H20F2N2O3/c16-13(17)9-22-12-6-2-1-5-11(12)19-14(20)18-10-15(21)7-3-4-8-15/h1-2,5-6,13,21H,3-4,7-10H2,(H2,18,19,20). The summed E-state index contributed by atoms with van der Waals surface area (Å²) in [7, 11) is 0. The maximum atomic E-state index is 12.2. The number of nitrogens with one attached hydrogen (secondary N) is 2. The van der Waals surface area contributed by atoms with Crippen molar-refractivity contribution < 1.29 is 23.4 Å². The number of halogens is 2. The molecule has 0 aliphatic heterocycles. The number of carbonyl (C=O) groups is 1. The first-order valence-corrected chi connectivity index (χ1v) is 7.26. The Hall–Kier alpha value is -1.89. The number of carbonyl (C=O) groups excluding carboxylic acids is 1. The molecule has 1 aliphatic rings. The maximum Gasteiger partial charge on any atom is 0.319 e. The van der Waals surface area contributed by atoms with E-state index in [1.165, 1.54) is 6.07 Å². The first-order valence-electron chi connectivity index (χ1n) is 7.26. The Morgan fingerprint density at radius 2 is 2.00 bits per heavy atom. The smallest absolute Gasteiger partial charge is 0.319 e. The summed E-state index contributed by atoms with van der Waals surface area (Å²) in [6.45, 7) is -0.570. The number of benzene rings is 1. The van der Waals surface area contributed by atoms with Crippen molar-refractivity contribution in [2.24, 2.45) is 0 Å². The van der Waals surface area contributed by atoms with Gasteiger partial charge in [-0.25, -0.2) is 13.6 Å². The second kappa shape index (κ2) is 7.40. The number of para-hydroxylation sites is 2. The molecule has 2 amide bonds. The molecular weight excluding hydrogens is 294 g/mol. The zero-order valence-corrected chi connectivity index (χ0v) is 12.1. The summed E-state index contributed by atoms with van der Waals surface area (Å²) >= 11 is 0. The number of hydrogen-bond acceptors (Lipinski definition) is 3. The summed E-state index contributed by atoms with van der Waals surface area (Å²) in [5, 5.41) is 15.3. The minimum atomic E-state index is -2.58. The minimum absolute atomic E-state index is 0.166. The quantitative estimate of drug-likeness (QED) is 0.756. The second-order valence-corrected chi connectivity index (χ2v) is 5.44. The van der Waals surface area contributed by atoms with Crippen LogP contribution in [0, 0.1) is 0 Å². The van der Waals surface area contributed by atoms with E-state index in [4.69, 9.17) is 4.74 Å². The van der Waals surface area contributed by atoms with Crippen molar-refractivity contribution in [2.45, 2.75) is 37.7 Å². The third-order valence-electron chi connectivity index (χ3n) is 3.61. The van der Waals surface area contributed by atoms with Crippen LogP contribution >= 0.6 is 0 Å². The molecule has 0 radical (unpaired) electrons. The molecule has 2 rings (SSSR count). The molecule has 0 bridgehead atoms. The summed E-state index contributed by atoms with van der Waals surface area (Å²) in [5.74, 6) is 0.178. The van der Waals surface area contributed by atoms with Gasteiger partial charge in [-0.15, -0.1) is 0 Å². The third-order valence-corrected chi connectivity index (χ3v) is 3.61. The van der Waals surface area contributed by atoms with E-state index < -0.39 is 24.7 Å². The van der Waals surface area contributed by atoms with Crippen LogP contribution in [0.4, 0.5) is 19.3 Å². The fourth-order valence-electron chi connectivity index (χ4n) is 2.47. The average molecular weight is 314 g/mol. The van der Waals surface area contributed by atoms with E-state index in [-0.39, 0.29) is 12.3 Å². The lowest BCUT2D eigenvalue weighted by Gasteiger charge is -2.22. The van der Waals surface area contributed by atoms with Gasteiger partial charge in [0.15, 0.2) is 0 Å². The predicted octanol–water partition coefficient (Wildman–Crippen LogP) is 2.76. The Bertz CT molecular complexity index is 505. The molecule has 1 fully saturated rings. The highest BCUT2D eigenvalue weighted by atomic mass is 19.3. The molecule has 0 atom stereocenters. The van der Waals surface area contributed by atoms with Crippen LogP contribution in [0.5, 0.6) is 5.75 Å². The summed E-state index contributed by atoms with van der Waals surface area (Å²) < 4.78 is 29.4. The van der Waals surface area contributed by atoms with Crippen LogP contribution in [0.25, 0.3) is 0 Å². The van der Waals surface area contributed by atoms with Crippen molar-refractivity contribution >= 4 is 11.7 Å². The highest BCUT2D eigenvalue weighted by Crippen LogP contribution is 2.28. The highest BCUT2D eigenvalue weighted by molar-refractivity contribution is 5.90. The summed E-state index contributed by atoms with van der Waals surface area (Å²) in [4.78, 5) is 11.9. The fraction of sp³-hybridized carbons (Fsp3) is 0.533. The molecule has 1 aliphatic carbocycles. The second-order valence-electron chi connectivity index (χ2n) is 5.44. The molecule has 1 saturated carbocycles. The molecule has 0 heterocycles. The fourth-order valence-corrected chi connectivity index (χ4v) is 2.47. The average Bonchev–Trinajstić information content (AvgIpc) is 2.92. The minimum Gasteiger partial charge on any atom is -0.485 e. The van der Waals surface area contributed by atoms with Crippen molar-refractivity contribution in [3.05, 3.63) is 24.3 Å². The van der Waals surface area contributed by atoms with Crippen molar-refractivity contribution in [3.8, 4) is 5.75 Å². The SMILES string of the molecule is O=C(NCC1(O)CCCC1)Nc1ccccc1OCC(F)F. The van der Waals surface area contributed by atoms with Gasteiger partial charge < -0.3 is 20.5 Å². The van der Waals surface area contributed by atoms with E-state index in [2.05, 4.69) is 10.6 Å². The van der Waals surface area contributed by atoms with E-state index in [0.29, 0.717) is 18.5 Å². The number of aliphatic hydroxyl groups is 1. The molecular formula is C15H20F2N2O3. The molecule has 7 heteroatoms. The molecule has 5 nitrogen and oxygen atoms in total. The van der Waals surface area contributed by atoms with Gasteiger partial charge in [0.2, 0.25) is 0 Å². The lowest BCUT2D eigenvalue weighted by molar-refractivity contribution is 0.0506. The monoisotopic (exact) mass is 314 g/mol. The first-order chi connectivity index (χ1) is 10.5. The molecule has 1 aromatic carbocycles. The van der Waals surface area contributed by atoms with E-state index in [1.807, 2.05) is 0 Å². The Kier molecular flexibility index (Phi) is 5.54. The Morgan fingerprint density at radius 1 is 1.32 bits per heavy atom. The number of ether oxygens (including phenoxy) is 1. The van der Waals surface area contributed by atoms with Gasteiger partial charge in [-0.3, -0.25) is 0 Å². The summed E-state index contributed by atoms with van der Waals surface area (Å²) in [5.41, 5.74) is -0.540. The number of rotatable bonds is 6. The largest absolute Gasteiger partial charge is 0.485 e. The Morgan fingerprint density at radius 3 is 2.68 bits per heavy atom. The molecule has 0 saturated heterocycles. The zero-order chi connectivity index (χ0) is 16.0. The lowest BCUT2D eigenvalue weighted by atomic mass is 10.0. The maximum absolute atomic E-state index is 12.2. The van der Waals surface area contributed by atoms with Crippen LogP contribution in [0.1, 0.15) is 25.7 Å². The van der Waals surface area contributed by atoms with Crippen LogP contribution in [0.2, 0.25) is 0 Å². The summed E-state index contributed by atoms with van der Waals surface area (Å²) in [6.07, 6.45) is 0.648. The van der Waals surface area contributed by atoms with Crippen molar-refractivity contribution in [3.63, 3.8) is 0 Å². The summed E-state index contributed by atoms with van der Waals surface area (Å²) in [6, 6.07) is 5.85. The van der Waals surface area contributed by atoms with E-state index in [9.17, 15) is 18.7 Å². The van der Waals surface area contributed by atoms with Crippen LogP contribution in [0.15, 0.2) is 24.3 Å².